The maximum absolute atomic E-state index is 12.7. The standard InChI is InChI=1S/C22H16N2O5/c1-13-3-2-4-16(11-13)24-21(26)18(20(25)23-24)12-17-9-10-19(29-17)14-5-7-15(8-6-14)22(27)28/h2-12H,1H3,(H,23,25)(H,27,28)/b18-12-. The number of rotatable bonds is 4. The zero-order valence-corrected chi connectivity index (χ0v) is 15.4. The van der Waals surface area contributed by atoms with Gasteiger partial charge in [0.25, 0.3) is 11.8 Å². The number of furan rings is 1. The maximum Gasteiger partial charge on any atom is 0.335 e. The molecule has 1 aliphatic heterocycles. The predicted molar refractivity (Wildman–Crippen MR) is 106 cm³/mol. The van der Waals surface area contributed by atoms with Gasteiger partial charge in [-0.25, -0.2) is 9.80 Å². The van der Waals surface area contributed by atoms with E-state index >= 15 is 0 Å². The van der Waals surface area contributed by atoms with Gasteiger partial charge in [0.15, 0.2) is 0 Å². The number of anilines is 1. The monoisotopic (exact) mass is 388 g/mol. The van der Waals surface area contributed by atoms with Gasteiger partial charge >= 0.3 is 5.97 Å². The second-order valence-corrected chi connectivity index (χ2v) is 6.56. The highest BCUT2D eigenvalue weighted by Gasteiger charge is 2.34. The van der Waals surface area contributed by atoms with E-state index in [4.69, 9.17) is 9.52 Å². The molecule has 1 aromatic heterocycles. The number of nitrogens with one attached hydrogen (secondary N) is 1. The number of hydrogen-bond donors (Lipinski definition) is 2. The highest BCUT2D eigenvalue weighted by atomic mass is 16.4. The van der Waals surface area contributed by atoms with Crippen LogP contribution in [0.2, 0.25) is 0 Å². The lowest BCUT2D eigenvalue weighted by Crippen LogP contribution is -2.35. The first-order chi connectivity index (χ1) is 13.9. The van der Waals surface area contributed by atoms with Crippen molar-refractivity contribution < 1.29 is 23.9 Å². The lowest BCUT2D eigenvalue weighted by atomic mass is 10.1. The number of benzene rings is 2. The first-order valence-corrected chi connectivity index (χ1v) is 8.80. The van der Waals surface area contributed by atoms with E-state index in [-0.39, 0.29) is 11.1 Å². The van der Waals surface area contributed by atoms with Gasteiger partial charge < -0.3 is 9.52 Å². The van der Waals surface area contributed by atoms with Gasteiger partial charge in [-0.2, -0.15) is 0 Å². The van der Waals surface area contributed by atoms with Gasteiger partial charge in [0.2, 0.25) is 0 Å². The van der Waals surface area contributed by atoms with Crippen LogP contribution in [0, 0.1) is 6.92 Å². The number of hydrazine groups is 1. The Morgan fingerprint density at radius 2 is 1.83 bits per heavy atom. The number of carbonyl (C=O) groups is 3. The fourth-order valence-corrected chi connectivity index (χ4v) is 3.01. The molecule has 0 unspecified atom stereocenters. The summed E-state index contributed by atoms with van der Waals surface area (Å²) in [6, 6.07) is 16.8. The largest absolute Gasteiger partial charge is 0.478 e. The molecular weight excluding hydrogens is 372 g/mol. The van der Waals surface area contributed by atoms with Crippen LogP contribution in [0.3, 0.4) is 0 Å². The number of carboxylic acids is 1. The third-order valence-corrected chi connectivity index (χ3v) is 4.48. The first-order valence-electron chi connectivity index (χ1n) is 8.80. The van der Waals surface area contributed by atoms with E-state index < -0.39 is 17.8 Å². The summed E-state index contributed by atoms with van der Waals surface area (Å²) >= 11 is 0. The zero-order chi connectivity index (χ0) is 20.5. The molecule has 0 bridgehead atoms. The zero-order valence-electron chi connectivity index (χ0n) is 15.4. The Kier molecular flexibility index (Phi) is 4.48. The van der Waals surface area contributed by atoms with Gasteiger partial charge in [0, 0.05) is 5.56 Å². The van der Waals surface area contributed by atoms with Gasteiger partial charge in [0.05, 0.1) is 11.3 Å². The van der Waals surface area contributed by atoms with Crippen molar-refractivity contribution in [3.8, 4) is 11.3 Å². The molecule has 1 fully saturated rings. The molecule has 0 radical (unpaired) electrons. The number of aromatic carboxylic acids is 1. The molecule has 7 heteroatoms. The molecule has 0 aliphatic carbocycles. The summed E-state index contributed by atoms with van der Waals surface area (Å²) in [5.74, 6) is -1.16. The summed E-state index contributed by atoms with van der Waals surface area (Å²) in [5.41, 5.74) is 4.91. The topological polar surface area (TPSA) is 99.8 Å². The minimum Gasteiger partial charge on any atom is -0.478 e. The first kappa shape index (κ1) is 18.2. The number of carbonyl (C=O) groups excluding carboxylic acids is 2. The van der Waals surface area contributed by atoms with Crippen LogP contribution in [0.4, 0.5) is 5.69 Å². The predicted octanol–water partition coefficient (Wildman–Crippen LogP) is 3.41. The Balaban J connectivity index is 1.59. The number of carboxylic acid groups (broad SMARTS) is 1. The van der Waals surface area contributed by atoms with Crippen LogP contribution in [-0.4, -0.2) is 22.9 Å². The van der Waals surface area contributed by atoms with Crippen molar-refractivity contribution >= 4 is 29.5 Å². The Bertz CT molecular complexity index is 1160. The molecule has 7 nitrogen and oxygen atoms in total. The van der Waals surface area contributed by atoms with Crippen LogP contribution in [0.1, 0.15) is 21.7 Å². The smallest absolute Gasteiger partial charge is 0.335 e. The SMILES string of the molecule is Cc1cccc(N2NC(=O)/C(=C/c3ccc(-c4ccc(C(=O)O)cc4)o3)C2=O)c1. The molecule has 4 rings (SSSR count). The van der Waals surface area contributed by atoms with Crippen molar-refractivity contribution in [3.05, 3.63) is 83.1 Å². The van der Waals surface area contributed by atoms with Crippen LogP contribution >= 0.6 is 0 Å². The van der Waals surface area contributed by atoms with E-state index in [0.717, 1.165) is 5.56 Å². The molecule has 0 atom stereocenters. The van der Waals surface area contributed by atoms with E-state index in [0.29, 0.717) is 22.8 Å². The van der Waals surface area contributed by atoms with Gasteiger partial charge in [-0.05, 0) is 55.0 Å². The van der Waals surface area contributed by atoms with E-state index in [1.54, 1.807) is 42.5 Å². The lowest BCUT2D eigenvalue weighted by molar-refractivity contribution is -0.117. The second-order valence-electron chi connectivity index (χ2n) is 6.56. The minimum atomic E-state index is -1.01. The Morgan fingerprint density at radius 3 is 2.52 bits per heavy atom. The molecule has 3 aromatic rings. The Morgan fingerprint density at radius 1 is 1.07 bits per heavy atom. The highest BCUT2D eigenvalue weighted by molar-refractivity contribution is 6.31. The van der Waals surface area contributed by atoms with Gasteiger partial charge in [-0.1, -0.05) is 24.3 Å². The van der Waals surface area contributed by atoms with E-state index in [1.807, 2.05) is 13.0 Å². The van der Waals surface area contributed by atoms with Crippen LogP contribution in [-0.2, 0) is 9.59 Å². The summed E-state index contributed by atoms with van der Waals surface area (Å²) in [6.07, 6.45) is 1.39. The Labute approximate surface area is 165 Å². The lowest BCUT2D eigenvalue weighted by Gasteiger charge is -2.14. The quantitative estimate of drug-likeness (QED) is 0.527. The molecule has 1 aliphatic rings. The van der Waals surface area contributed by atoms with Crippen LogP contribution in [0.25, 0.3) is 17.4 Å². The second kappa shape index (κ2) is 7.12. The molecule has 144 valence electrons. The van der Waals surface area contributed by atoms with Gasteiger partial charge in [-0.15, -0.1) is 0 Å². The third kappa shape index (κ3) is 3.53. The van der Waals surface area contributed by atoms with Crippen molar-refractivity contribution in [2.45, 2.75) is 6.92 Å². The fourth-order valence-electron chi connectivity index (χ4n) is 3.01. The van der Waals surface area contributed by atoms with E-state index in [2.05, 4.69) is 5.43 Å². The van der Waals surface area contributed by atoms with Crippen molar-refractivity contribution in [1.82, 2.24) is 5.43 Å². The molecule has 2 heterocycles. The van der Waals surface area contributed by atoms with Crippen molar-refractivity contribution in [3.63, 3.8) is 0 Å². The molecule has 29 heavy (non-hydrogen) atoms. The van der Waals surface area contributed by atoms with Crippen molar-refractivity contribution in [2.24, 2.45) is 0 Å². The fraction of sp³-hybridized carbons (Fsp3) is 0.0455. The molecule has 0 spiro atoms. The molecule has 1 saturated heterocycles. The molecule has 0 saturated carbocycles. The summed E-state index contributed by atoms with van der Waals surface area (Å²) in [5, 5.41) is 10.2. The molecule has 2 N–H and O–H groups in total. The number of amides is 2. The molecule has 2 amide bonds. The van der Waals surface area contributed by atoms with Crippen molar-refractivity contribution in [2.75, 3.05) is 5.01 Å². The van der Waals surface area contributed by atoms with Crippen LogP contribution < -0.4 is 10.4 Å². The van der Waals surface area contributed by atoms with E-state index in [1.165, 1.54) is 23.2 Å². The number of hydrogen-bond acceptors (Lipinski definition) is 4. The maximum atomic E-state index is 12.7. The summed E-state index contributed by atoms with van der Waals surface area (Å²) in [6.45, 7) is 1.90. The highest BCUT2D eigenvalue weighted by Crippen LogP contribution is 2.26. The van der Waals surface area contributed by atoms with Crippen molar-refractivity contribution in [1.29, 1.82) is 0 Å². The molecule has 2 aromatic carbocycles. The summed E-state index contributed by atoms with van der Waals surface area (Å²) < 4.78 is 5.71. The van der Waals surface area contributed by atoms with Gasteiger partial charge in [-0.3, -0.25) is 15.0 Å². The third-order valence-electron chi connectivity index (χ3n) is 4.48. The van der Waals surface area contributed by atoms with E-state index in [9.17, 15) is 14.4 Å². The average molecular weight is 388 g/mol. The molecular formula is C22H16N2O5. The average Bonchev–Trinajstić information content (AvgIpc) is 3.28. The summed E-state index contributed by atoms with van der Waals surface area (Å²) in [4.78, 5) is 35.9. The number of aryl methyl sites for hydroxylation is 1. The minimum absolute atomic E-state index is 0.0337. The normalized spacial score (nSPS) is 15.1. The number of nitrogens with zero attached hydrogens (tertiary/aromatic N) is 1. The summed E-state index contributed by atoms with van der Waals surface area (Å²) in [7, 11) is 0. The van der Waals surface area contributed by atoms with Crippen LogP contribution in [0.15, 0.2) is 70.7 Å². The van der Waals surface area contributed by atoms with Gasteiger partial charge in [0.1, 0.15) is 17.1 Å². The van der Waals surface area contributed by atoms with Crippen LogP contribution in [0.5, 0.6) is 0 Å². The Hall–Kier alpha value is -4.13.